The Labute approximate surface area is 164 Å². The molecule has 27 heavy (non-hydrogen) atoms. The van der Waals surface area contributed by atoms with Crippen molar-refractivity contribution in [3.63, 3.8) is 0 Å². The predicted molar refractivity (Wildman–Crippen MR) is 106 cm³/mol. The molecule has 1 aromatic heterocycles. The highest BCUT2D eigenvalue weighted by Crippen LogP contribution is 2.21. The number of rotatable bonds is 6. The molecule has 1 N–H and O–H groups in total. The third kappa shape index (κ3) is 5.34. The van der Waals surface area contributed by atoms with E-state index in [9.17, 15) is 9.90 Å². The van der Waals surface area contributed by atoms with Crippen LogP contribution in [0.1, 0.15) is 30.7 Å². The molecule has 1 amide bonds. The van der Waals surface area contributed by atoms with Gasteiger partial charge >= 0.3 is 0 Å². The van der Waals surface area contributed by atoms with Crippen LogP contribution in [0.4, 0.5) is 0 Å². The van der Waals surface area contributed by atoms with Gasteiger partial charge in [0.15, 0.2) is 5.16 Å². The summed E-state index contributed by atoms with van der Waals surface area (Å²) in [6, 6.07) is 8.33. The van der Waals surface area contributed by atoms with E-state index in [1.807, 2.05) is 29.5 Å². The Morgan fingerprint density at radius 1 is 1.26 bits per heavy atom. The van der Waals surface area contributed by atoms with Crippen LogP contribution in [-0.2, 0) is 22.7 Å². The summed E-state index contributed by atoms with van der Waals surface area (Å²) >= 11 is 1.42. The van der Waals surface area contributed by atoms with Gasteiger partial charge in [0.05, 0.1) is 30.3 Å². The number of nitrogens with zero attached hydrogens (tertiary/aromatic N) is 3. The van der Waals surface area contributed by atoms with Crippen LogP contribution in [0, 0.1) is 6.92 Å². The highest BCUT2D eigenvalue weighted by molar-refractivity contribution is 7.99. The van der Waals surface area contributed by atoms with E-state index in [0.717, 1.165) is 10.7 Å². The van der Waals surface area contributed by atoms with E-state index in [0.29, 0.717) is 31.1 Å². The number of aryl methyl sites for hydroxylation is 1. The quantitative estimate of drug-likeness (QED) is 0.769. The zero-order valence-corrected chi connectivity index (χ0v) is 16.9. The number of morpholine rings is 1. The van der Waals surface area contributed by atoms with Crippen molar-refractivity contribution in [1.82, 2.24) is 14.5 Å². The number of imidazole rings is 1. The van der Waals surface area contributed by atoms with E-state index < -0.39 is 0 Å². The first-order valence-corrected chi connectivity index (χ1v) is 10.2. The van der Waals surface area contributed by atoms with Gasteiger partial charge in [0.2, 0.25) is 5.91 Å². The summed E-state index contributed by atoms with van der Waals surface area (Å²) in [6.07, 6.45) is 1.98. The van der Waals surface area contributed by atoms with Gasteiger partial charge in [-0.25, -0.2) is 4.98 Å². The maximum atomic E-state index is 12.6. The smallest absolute Gasteiger partial charge is 0.233 e. The Morgan fingerprint density at radius 2 is 1.93 bits per heavy atom. The molecule has 0 radical (unpaired) electrons. The van der Waals surface area contributed by atoms with Crippen LogP contribution < -0.4 is 0 Å². The number of aliphatic hydroxyl groups is 1. The Hall–Kier alpha value is -1.83. The first-order valence-electron chi connectivity index (χ1n) is 9.23. The van der Waals surface area contributed by atoms with Gasteiger partial charge in [-0.1, -0.05) is 41.6 Å². The molecule has 2 heterocycles. The Balaban J connectivity index is 1.66. The summed E-state index contributed by atoms with van der Waals surface area (Å²) in [6.45, 7) is 7.85. The van der Waals surface area contributed by atoms with Crippen LogP contribution >= 0.6 is 11.8 Å². The fourth-order valence-electron chi connectivity index (χ4n) is 3.24. The first-order chi connectivity index (χ1) is 12.9. The number of carbonyl (C=O) groups is 1. The molecule has 0 spiro atoms. The lowest BCUT2D eigenvalue weighted by atomic mass is 10.1. The van der Waals surface area contributed by atoms with Crippen molar-refractivity contribution in [3.8, 4) is 0 Å². The van der Waals surface area contributed by atoms with Crippen LogP contribution in [0.3, 0.4) is 0 Å². The zero-order chi connectivity index (χ0) is 19.4. The third-order valence-corrected chi connectivity index (χ3v) is 5.50. The van der Waals surface area contributed by atoms with Crippen molar-refractivity contribution in [2.24, 2.45) is 0 Å². The number of ether oxygens (including phenoxy) is 1. The molecule has 146 valence electrons. The van der Waals surface area contributed by atoms with Crippen molar-refractivity contribution in [1.29, 1.82) is 0 Å². The van der Waals surface area contributed by atoms with Crippen LogP contribution in [0.5, 0.6) is 0 Å². The third-order valence-electron chi connectivity index (χ3n) is 4.52. The van der Waals surface area contributed by atoms with E-state index in [4.69, 9.17) is 4.74 Å². The fourth-order valence-corrected chi connectivity index (χ4v) is 4.15. The van der Waals surface area contributed by atoms with E-state index in [-0.39, 0.29) is 24.7 Å². The minimum Gasteiger partial charge on any atom is -0.390 e. The monoisotopic (exact) mass is 389 g/mol. The SMILES string of the molecule is Cc1ccc(Cn2cc(CO)nc2SCC(=O)N2C[C@H](C)O[C@@H](C)C2)cc1. The van der Waals surface area contributed by atoms with Gasteiger partial charge in [-0.15, -0.1) is 0 Å². The normalized spacial score (nSPS) is 20.1. The average molecular weight is 390 g/mol. The molecule has 1 aliphatic heterocycles. The number of carbonyl (C=O) groups excluding carboxylic acids is 1. The van der Waals surface area contributed by atoms with Gasteiger partial charge in [-0.2, -0.15) is 0 Å². The second-order valence-corrected chi connectivity index (χ2v) is 8.07. The molecule has 3 rings (SSSR count). The van der Waals surface area contributed by atoms with Crippen molar-refractivity contribution < 1.29 is 14.6 Å². The van der Waals surface area contributed by atoms with Crippen molar-refractivity contribution >= 4 is 17.7 Å². The second kappa shape index (κ2) is 8.91. The molecular weight excluding hydrogens is 362 g/mol. The number of aromatic nitrogens is 2. The lowest BCUT2D eigenvalue weighted by Gasteiger charge is -2.35. The van der Waals surface area contributed by atoms with Gasteiger partial charge in [-0.05, 0) is 26.3 Å². The molecule has 2 atom stereocenters. The molecule has 2 aromatic rings. The fraction of sp³-hybridized carbons (Fsp3) is 0.500. The van der Waals surface area contributed by atoms with Crippen LogP contribution in [0.25, 0.3) is 0 Å². The Kier molecular flexibility index (Phi) is 6.57. The summed E-state index contributed by atoms with van der Waals surface area (Å²) < 4.78 is 7.69. The number of amides is 1. The topological polar surface area (TPSA) is 67.6 Å². The van der Waals surface area contributed by atoms with Gasteiger partial charge in [0, 0.05) is 25.8 Å². The molecule has 0 aliphatic carbocycles. The van der Waals surface area contributed by atoms with E-state index in [2.05, 4.69) is 36.2 Å². The van der Waals surface area contributed by atoms with Gasteiger partial charge in [0.25, 0.3) is 0 Å². The van der Waals surface area contributed by atoms with E-state index in [1.54, 1.807) is 0 Å². The summed E-state index contributed by atoms with van der Waals surface area (Å²) in [5.41, 5.74) is 2.99. The molecular formula is C20H27N3O3S. The minimum atomic E-state index is -0.110. The molecule has 1 aromatic carbocycles. The first kappa shape index (κ1) is 19.9. The van der Waals surface area contributed by atoms with Crippen LogP contribution in [0.2, 0.25) is 0 Å². The Bertz CT molecular complexity index is 765. The average Bonchev–Trinajstić information content (AvgIpc) is 3.02. The predicted octanol–water partition coefficient (Wildman–Crippen LogP) is 2.46. The molecule has 1 aliphatic rings. The summed E-state index contributed by atoms with van der Waals surface area (Å²) in [4.78, 5) is 18.9. The lowest BCUT2D eigenvalue weighted by molar-refractivity contribution is -0.140. The molecule has 0 bridgehead atoms. The summed E-state index contributed by atoms with van der Waals surface area (Å²) in [5.74, 6) is 0.423. The minimum absolute atomic E-state index is 0.0622. The molecule has 1 saturated heterocycles. The van der Waals surface area contributed by atoms with Crippen LogP contribution in [-0.4, -0.2) is 56.5 Å². The number of hydrogen-bond donors (Lipinski definition) is 1. The van der Waals surface area contributed by atoms with Crippen molar-refractivity contribution in [2.45, 2.75) is 51.3 Å². The van der Waals surface area contributed by atoms with Gasteiger partial charge in [-0.3, -0.25) is 4.79 Å². The number of hydrogen-bond acceptors (Lipinski definition) is 5. The number of aliphatic hydroxyl groups excluding tert-OH is 1. The van der Waals surface area contributed by atoms with Crippen molar-refractivity contribution in [3.05, 3.63) is 47.3 Å². The van der Waals surface area contributed by atoms with Crippen LogP contribution in [0.15, 0.2) is 35.6 Å². The maximum Gasteiger partial charge on any atom is 0.233 e. The van der Waals surface area contributed by atoms with Gasteiger partial charge < -0.3 is 19.3 Å². The van der Waals surface area contributed by atoms with Gasteiger partial charge in [0.1, 0.15) is 0 Å². The molecule has 0 unspecified atom stereocenters. The van der Waals surface area contributed by atoms with E-state index in [1.165, 1.54) is 17.3 Å². The van der Waals surface area contributed by atoms with E-state index >= 15 is 0 Å². The zero-order valence-electron chi connectivity index (χ0n) is 16.1. The molecule has 7 heteroatoms. The largest absolute Gasteiger partial charge is 0.390 e. The molecule has 1 fully saturated rings. The summed E-state index contributed by atoms with van der Waals surface area (Å²) in [7, 11) is 0. The maximum absolute atomic E-state index is 12.6. The second-order valence-electron chi connectivity index (χ2n) is 7.13. The summed E-state index contributed by atoms with van der Waals surface area (Å²) in [5, 5.41) is 10.2. The number of benzene rings is 1. The molecule has 6 nitrogen and oxygen atoms in total. The lowest BCUT2D eigenvalue weighted by Crippen LogP contribution is -2.48. The highest BCUT2D eigenvalue weighted by atomic mass is 32.2. The Morgan fingerprint density at radius 3 is 2.56 bits per heavy atom. The molecule has 0 saturated carbocycles. The van der Waals surface area contributed by atoms with Crippen molar-refractivity contribution in [2.75, 3.05) is 18.8 Å². The standard InChI is InChI=1S/C20H27N3O3S/c1-14-4-6-17(7-5-14)10-23-11-18(12-24)21-20(23)27-13-19(25)22-8-15(2)26-16(3)9-22/h4-7,11,15-16,24H,8-10,12-13H2,1-3H3/t15-,16-/m0/s1. The highest BCUT2D eigenvalue weighted by Gasteiger charge is 2.26. The number of thioether (sulfide) groups is 1.